The second-order valence-corrected chi connectivity index (χ2v) is 9.72. The lowest BCUT2D eigenvalue weighted by Gasteiger charge is -2.36. The predicted octanol–water partition coefficient (Wildman–Crippen LogP) is 3.00. The number of nitrogens with one attached hydrogen (secondary N) is 1. The third-order valence-corrected chi connectivity index (χ3v) is 7.71. The number of aliphatic imine (C=N–C) groups is 1. The lowest BCUT2D eigenvalue weighted by atomic mass is 9.88. The van der Waals surface area contributed by atoms with Gasteiger partial charge in [0.25, 0.3) is 0 Å². The van der Waals surface area contributed by atoms with Crippen molar-refractivity contribution >= 4 is 17.8 Å². The molecule has 0 bridgehead atoms. The van der Waals surface area contributed by atoms with Gasteiger partial charge in [-0.05, 0) is 30.2 Å². The van der Waals surface area contributed by atoms with Gasteiger partial charge in [0, 0.05) is 24.4 Å². The van der Waals surface area contributed by atoms with Gasteiger partial charge in [-0.15, -0.1) is 0 Å². The van der Waals surface area contributed by atoms with Gasteiger partial charge in [0.1, 0.15) is 5.75 Å². The van der Waals surface area contributed by atoms with E-state index in [1.807, 2.05) is 38.1 Å². The largest absolute Gasteiger partial charge is 0.493 e. The molecule has 2 amide bonds. The van der Waals surface area contributed by atoms with E-state index in [-0.39, 0.29) is 40.6 Å². The maximum atomic E-state index is 13.2. The fraction of sp³-hybridized carbons (Fsp3) is 0.625. The number of nitrogens with two attached hydrogens (primary N) is 1. The van der Waals surface area contributed by atoms with Crippen molar-refractivity contribution in [3.05, 3.63) is 29.8 Å². The quantitative estimate of drug-likeness (QED) is 0.731. The molecule has 2 aliphatic heterocycles. The first-order valence-electron chi connectivity index (χ1n) is 11.4. The molecule has 3 N–H and O–H groups in total. The Morgan fingerprint density at radius 2 is 2.00 bits per heavy atom. The van der Waals surface area contributed by atoms with Crippen LogP contribution in [0.5, 0.6) is 5.75 Å². The van der Waals surface area contributed by atoms with E-state index in [9.17, 15) is 9.59 Å². The summed E-state index contributed by atoms with van der Waals surface area (Å²) in [6.45, 7) is 9.29. The Morgan fingerprint density at radius 1 is 1.29 bits per heavy atom. The van der Waals surface area contributed by atoms with Crippen LogP contribution in [0.4, 0.5) is 0 Å². The van der Waals surface area contributed by atoms with Crippen molar-refractivity contribution in [2.45, 2.75) is 65.0 Å². The average Bonchev–Trinajstić information content (AvgIpc) is 3.30. The Balaban J connectivity index is 1.45. The van der Waals surface area contributed by atoms with E-state index < -0.39 is 0 Å². The number of carbonyl (C=O) groups excluding carboxylic acids is 2. The van der Waals surface area contributed by atoms with Crippen LogP contribution in [0.2, 0.25) is 0 Å². The minimum absolute atomic E-state index is 0.0106. The highest BCUT2D eigenvalue weighted by atomic mass is 16.5. The molecule has 1 fully saturated rings. The molecule has 3 atom stereocenters. The van der Waals surface area contributed by atoms with Gasteiger partial charge in [0.15, 0.2) is 5.96 Å². The number of rotatable bonds is 6. The molecular formula is C24H34N4O3. The summed E-state index contributed by atoms with van der Waals surface area (Å²) in [5, 5.41) is 3.23. The second kappa shape index (κ2) is 7.84. The van der Waals surface area contributed by atoms with Crippen molar-refractivity contribution in [3.8, 4) is 5.75 Å². The number of hydrogen-bond acceptors (Lipinski definition) is 5. The zero-order valence-electron chi connectivity index (χ0n) is 19.0. The number of hydrogen-bond donors (Lipinski definition) is 2. The Hall–Kier alpha value is -2.57. The van der Waals surface area contributed by atoms with Gasteiger partial charge >= 0.3 is 0 Å². The van der Waals surface area contributed by atoms with Gasteiger partial charge in [-0.1, -0.05) is 45.9 Å². The smallest absolute Gasteiger partial charge is 0.231 e. The molecule has 0 radical (unpaired) electrons. The van der Waals surface area contributed by atoms with Gasteiger partial charge < -0.3 is 15.8 Å². The number of benzene rings is 1. The third kappa shape index (κ3) is 3.79. The molecule has 1 saturated carbocycles. The van der Waals surface area contributed by atoms with E-state index in [4.69, 9.17) is 10.5 Å². The van der Waals surface area contributed by atoms with E-state index in [2.05, 4.69) is 24.2 Å². The van der Waals surface area contributed by atoms with Crippen LogP contribution in [0, 0.1) is 17.3 Å². The molecule has 4 rings (SSSR count). The van der Waals surface area contributed by atoms with Crippen LogP contribution < -0.4 is 15.8 Å². The van der Waals surface area contributed by atoms with Gasteiger partial charge in [-0.3, -0.25) is 14.5 Å². The minimum atomic E-state index is -0.385. The zero-order valence-corrected chi connectivity index (χ0v) is 19.0. The van der Waals surface area contributed by atoms with Crippen LogP contribution in [-0.2, 0) is 9.59 Å². The number of guanidine groups is 1. The highest BCUT2D eigenvalue weighted by molar-refractivity contribution is 5.99. The summed E-state index contributed by atoms with van der Waals surface area (Å²) in [6.07, 6.45) is 2.71. The number of para-hydroxylation sites is 1. The first kappa shape index (κ1) is 21.7. The van der Waals surface area contributed by atoms with E-state index in [0.29, 0.717) is 25.5 Å². The van der Waals surface area contributed by atoms with Crippen LogP contribution in [0.15, 0.2) is 29.3 Å². The van der Waals surface area contributed by atoms with Crippen molar-refractivity contribution in [3.63, 3.8) is 0 Å². The third-order valence-electron chi connectivity index (χ3n) is 7.71. The summed E-state index contributed by atoms with van der Waals surface area (Å²) in [7, 11) is 0. The predicted molar refractivity (Wildman–Crippen MR) is 119 cm³/mol. The maximum Gasteiger partial charge on any atom is 0.231 e. The summed E-state index contributed by atoms with van der Waals surface area (Å²) in [5.74, 6) is 1.07. The lowest BCUT2D eigenvalue weighted by Crippen LogP contribution is -2.52. The highest BCUT2D eigenvalue weighted by Gasteiger charge is 2.62. The molecular weight excluding hydrogens is 392 g/mol. The van der Waals surface area contributed by atoms with Crippen LogP contribution in [0.3, 0.4) is 0 Å². The molecule has 31 heavy (non-hydrogen) atoms. The van der Waals surface area contributed by atoms with Crippen LogP contribution in [-0.4, -0.2) is 41.4 Å². The van der Waals surface area contributed by atoms with E-state index >= 15 is 0 Å². The Morgan fingerprint density at radius 3 is 2.68 bits per heavy atom. The van der Waals surface area contributed by atoms with E-state index in [1.165, 1.54) is 0 Å². The Kier molecular flexibility index (Phi) is 5.48. The number of ether oxygens (including phenoxy) is 1. The van der Waals surface area contributed by atoms with Gasteiger partial charge in [-0.2, -0.15) is 0 Å². The summed E-state index contributed by atoms with van der Waals surface area (Å²) >= 11 is 0. The molecule has 2 heterocycles. The molecule has 0 spiro atoms. The molecule has 7 heteroatoms. The first-order chi connectivity index (χ1) is 14.7. The minimum Gasteiger partial charge on any atom is -0.493 e. The zero-order chi connectivity index (χ0) is 22.4. The molecule has 168 valence electrons. The summed E-state index contributed by atoms with van der Waals surface area (Å²) < 4.78 is 5.71. The van der Waals surface area contributed by atoms with E-state index in [1.54, 1.807) is 4.90 Å². The summed E-state index contributed by atoms with van der Waals surface area (Å²) in [5.41, 5.74) is 6.67. The molecule has 3 aliphatic rings. The molecule has 2 unspecified atom stereocenters. The number of carbonyl (C=O) groups is 2. The number of fused-ring (bicyclic) bond motifs is 1. The van der Waals surface area contributed by atoms with Crippen molar-refractivity contribution in [2.24, 2.45) is 28.0 Å². The van der Waals surface area contributed by atoms with Crippen LogP contribution in [0.25, 0.3) is 0 Å². The molecule has 1 aromatic rings. The fourth-order valence-corrected chi connectivity index (χ4v) is 5.26. The fourth-order valence-electron chi connectivity index (χ4n) is 5.26. The molecule has 1 aliphatic carbocycles. The molecule has 0 saturated heterocycles. The monoisotopic (exact) mass is 426 g/mol. The topological polar surface area (TPSA) is 97.0 Å². The maximum absolute atomic E-state index is 13.2. The molecule has 0 aromatic heterocycles. The number of nitrogens with zero attached hydrogens (tertiary/aromatic N) is 2. The average molecular weight is 427 g/mol. The summed E-state index contributed by atoms with van der Waals surface area (Å²) in [6, 6.07) is 7.80. The molecule has 7 nitrogen and oxygen atoms in total. The van der Waals surface area contributed by atoms with Gasteiger partial charge in [0.05, 0.1) is 24.6 Å². The van der Waals surface area contributed by atoms with Crippen molar-refractivity contribution in [1.82, 2.24) is 10.2 Å². The van der Waals surface area contributed by atoms with Crippen LogP contribution >= 0.6 is 0 Å². The standard InChI is InChI=1S/C24H34N4O3/c1-5-24(6-2)13-19(29)28(22(25)27-24)14-16-20(23(16,3)4)21(30)26-17-11-12-31-18-10-8-7-9-15(17)18/h7-10,16-17,20H,5-6,11-14H2,1-4H3,(H2,25,27)(H,26,30)/t16?,17-,20?/m0/s1. The second-order valence-electron chi connectivity index (χ2n) is 9.72. The first-order valence-corrected chi connectivity index (χ1v) is 11.4. The van der Waals surface area contributed by atoms with Gasteiger partial charge in [0.2, 0.25) is 11.8 Å². The SMILES string of the molecule is CCC1(CC)CC(=O)N(CC2C(C(=O)N[C@H]3CCOc4ccccc43)C2(C)C)C(N)=N1. The Labute approximate surface area is 184 Å². The summed E-state index contributed by atoms with van der Waals surface area (Å²) in [4.78, 5) is 32.4. The van der Waals surface area contributed by atoms with Crippen molar-refractivity contribution in [2.75, 3.05) is 13.2 Å². The van der Waals surface area contributed by atoms with Crippen molar-refractivity contribution < 1.29 is 14.3 Å². The number of amides is 2. The lowest BCUT2D eigenvalue weighted by molar-refractivity contribution is -0.130. The highest BCUT2D eigenvalue weighted by Crippen LogP contribution is 2.59. The van der Waals surface area contributed by atoms with Gasteiger partial charge in [-0.25, -0.2) is 4.99 Å². The van der Waals surface area contributed by atoms with Crippen LogP contribution in [0.1, 0.15) is 65.0 Å². The Bertz CT molecular complexity index is 906. The van der Waals surface area contributed by atoms with Crippen molar-refractivity contribution in [1.29, 1.82) is 0 Å². The molecule has 1 aromatic carbocycles. The van der Waals surface area contributed by atoms with E-state index in [0.717, 1.165) is 30.6 Å². The normalized spacial score (nSPS) is 28.3.